The minimum Gasteiger partial charge on any atom is -0.656 e. The molecule has 0 N–H and O–H groups in total. The van der Waals surface area contributed by atoms with Crippen LogP contribution in [0.4, 0.5) is 0 Å². The van der Waals surface area contributed by atoms with Crippen molar-refractivity contribution in [2.45, 2.75) is 0 Å². The van der Waals surface area contributed by atoms with E-state index in [-0.39, 0.29) is 21.1 Å². The van der Waals surface area contributed by atoms with Gasteiger partial charge >= 0.3 is 21.1 Å². The van der Waals surface area contributed by atoms with E-state index < -0.39 is 0 Å². The number of nitrogens with zero attached hydrogens (tertiary/aromatic N) is 4. The van der Waals surface area contributed by atoms with Crippen LogP contribution in [0, 0.1) is 0 Å². The number of benzene rings is 12. The summed E-state index contributed by atoms with van der Waals surface area (Å²) in [7, 11) is 13.4. The van der Waals surface area contributed by atoms with Crippen molar-refractivity contribution >= 4 is 86.7 Å². The molecule has 97 heavy (non-hydrogen) atoms. The fourth-order valence-electron chi connectivity index (χ4n) is 14.5. The number of rotatable bonds is 12. The van der Waals surface area contributed by atoms with E-state index in [0.717, 1.165) is 109 Å². The minimum absolute atomic E-state index is 0. The van der Waals surface area contributed by atoms with E-state index in [9.17, 15) is 0 Å². The molecule has 2 aliphatic heterocycles. The molecule has 12 aromatic carbocycles. The molecule has 12 nitrogen and oxygen atoms in total. The molecule has 13 heteroatoms. The van der Waals surface area contributed by atoms with Crippen LogP contribution in [0.3, 0.4) is 0 Å². The second kappa shape index (κ2) is 24.0. The zero-order valence-electron chi connectivity index (χ0n) is 54.2. The zero-order chi connectivity index (χ0) is 65.0. The van der Waals surface area contributed by atoms with Crippen LogP contribution in [0.5, 0.6) is 46.0 Å². The molecule has 0 fully saturated rings. The summed E-state index contributed by atoms with van der Waals surface area (Å²) >= 11 is 0. The van der Waals surface area contributed by atoms with Gasteiger partial charge in [-0.15, -0.1) is 22.1 Å². The molecule has 474 valence electrons. The Balaban J connectivity index is 0.00000738. The Labute approximate surface area is 572 Å². The molecule has 4 heterocycles. The minimum atomic E-state index is 0. The molecule has 8 bridgehead atoms. The molecule has 14 aromatic rings. The van der Waals surface area contributed by atoms with E-state index in [0.29, 0.717) is 113 Å². The summed E-state index contributed by atoms with van der Waals surface area (Å²) in [4.78, 5) is 24.8. The van der Waals surface area contributed by atoms with Gasteiger partial charge in [0.05, 0.1) is 79.7 Å². The first-order valence-electron chi connectivity index (χ1n) is 31.6. The molecular formula is C84H60N4O8Pt. The summed E-state index contributed by atoms with van der Waals surface area (Å²) in [5, 5.41) is 11.6. The number of aromatic nitrogens is 4. The van der Waals surface area contributed by atoms with Crippen LogP contribution in [0.1, 0.15) is 0 Å². The zero-order valence-corrected chi connectivity index (χ0v) is 56.4. The van der Waals surface area contributed by atoms with Crippen molar-refractivity contribution in [3.63, 3.8) is 0 Å². The molecule has 0 unspecified atom stereocenters. The fraction of sp³-hybridized carbons (Fsp3) is 0.0952. The summed E-state index contributed by atoms with van der Waals surface area (Å²) in [5.41, 5.74) is 14.4. The van der Waals surface area contributed by atoms with Crippen LogP contribution in [-0.4, -0.2) is 66.8 Å². The van der Waals surface area contributed by atoms with Gasteiger partial charge in [-0.25, -0.2) is 9.97 Å². The quantitative estimate of drug-likeness (QED) is 0.115. The van der Waals surface area contributed by atoms with Crippen molar-refractivity contribution in [2.24, 2.45) is 0 Å². The predicted octanol–water partition coefficient (Wildman–Crippen LogP) is 19.9. The molecule has 0 spiro atoms. The van der Waals surface area contributed by atoms with Crippen molar-refractivity contribution < 1.29 is 59.0 Å². The second-order valence-corrected chi connectivity index (χ2v) is 24.0. The van der Waals surface area contributed by atoms with Gasteiger partial charge in [0.1, 0.15) is 46.0 Å². The average molecular weight is 1450 g/mol. The monoisotopic (exact) mass is 1450 g/mol. The normalized spacial score (nSPS) is 11.6. The molecule has 3 aliphatic rings. The van der Waals surface area contributed by atoms with Crippen molar-refractivity contribution in [2.75, 3.05) is 56.9 Å². The Kier molecular flexibility index (Phi) is 14.9. The van der Waals surface area contributed by atoms with Gasteiger partial charge in [-0.05, 0) is 184 Å². The van der Waals surface area contributed by atoms with Gasteiger partial charge in [0.15, 0.2) is 0 Å². The van der Waals surface area contributed by atoms with Crippen molar-refractivity contribution in [3.8, 4) is 136 Å². The number of ether oxygens (including phenoxy) is 8. The summed E-state index contributed by atoms with van der Waals surface area (Å²) in [6, 6.07) is 75.7. The van der Waals surface area contributed by atoms with Gasteiger partial charge in [-0.3, -0.25) is 0 Å². The first-order valence-corrected chi connectivity index (χ1v) is 31.6. The molecular weight excluding hydrogens is 1390 g/mol. The van der Waals surface area contributed by atoms with E-state index in [1.807, 2.05) is 48.5 Å². The molecule has 0 amide bonds. The summed E-state index contributed by atoms with van der Waals surface area (Å²) in [6.45, 7) is 0. The topological polar surface area (TPSA) is 128 Å². The summed E-state index contributed by atoms with van der Waals surface area (Å²) < 4.78 is 50.1. The van der Waals surface area contributed by atoms with Crippen LogP contribution in [0.2, 0.25) is 0 Å². The Bertz CT molecular complexity index is 5280. The molecule has 2 aromatic heterocycles. The third-order valence-electron chi connectivity index (χ3n) is 19.1. The van der Waals surface area contributed by atoms with E-state index in [4.69, 9.17) is 57.8 Å². The Morgan fingerprint density at radius 1 is 0.227 bits per heavy atom. The largest absolute Gasteiger partial charge is 2.00 e. The molecule has 0 atom stereocenters. The Hall–Kier alpha value is -11.6. The average Bonchev–Trinajstić information content (AvgIpc) is 1.56. The van der Waals surface area contributed by atoms with Gasteiger partial charge in [-0.1, -0.05) is 97.1 Å². The first-order chi connectivity index (χ1) is 47.2. The third kappa shape index (κ3) is 9.60. The SMILES string of the molecule is COc1ccc(-c2c3nc(c(-c4ccc(OC)cc4OC)c4[n-]c(c(-c5ccc(OC)cc5OC)c5nc(c(-c6ccc(OC)cc6OC)c6[n-]c2c2cc7ccccc7cc62)-c2cc6ccccc6cc2-5)c2cc5ccccc5cc42)-c2cc4ccccc4cc2-3)c(OC)c1.[Pt+2]. The fourth-order valence-corrected chi connectivity index (χ4v) is 14.5. The van der Waals surface area contributed by atoms with Gasteiger partial charge < -0.3 is 47.9 Å². The molecule has 0 saturated carbocycles. The van der Waals surface area contributed by atoms with Crippen molar-refractivity contribution in [1.29, 1.82) is 0 Å². The van der Waals surface area contributed by atoms with Gasteiger partial charge in [-0.2, -0.15) is 0 Å². The van der Waals surface area contributed by atoms with Crippen LogP contribution in [0.15, 0.2) is 218 Å². The summed E-state index contributed by atoms with van der Waals surface area (Å²) in [6.07, 6.45) is 0. The second-order valence-electron chi connectivity index (χ2n) is 24.0. The van der Waals surface area contributed by atoms with E-state index >= 15 is 0 Å². The summed E-state index contributed by atoms with van der Waals surface area (Å²) in [5.74, 6) is 4.67. The van der Waals surface area contributed by atoms with Crippen LogP contribution < -0.4 is 47.9 Å². The Morgan fingerprint density at radius 3 is 0.629 bits per heavy atom. The molecule has 17 rings (SSSR count). The molecule has 0 saturated heterocycles. The van der Waals surface area contributed by atoms with Gasteiger partial charge in [0.2, 0.25) is 0 Å². The maximum absolute atomic E-state index is 6.55. The molecule has 1 aliphatic carbocycles. The van der Waals surface area contributed by atoms with Crippen molar-refractivity contribution in [3.05, 3.63) is 218 Å². The number of hydrogen-bond acceptors (Lipinski definition) is 10. The van der Waals surface area contributed by atoms with Gasteiger partial charge in [0, 0.05) is 68.8 Å². The molecule has 0 radical (unpaired) electrons. The van der Waals surface area contributed by atoms with Crippen LogP contribution in [-0.2, 0) is 21.1 Å². The number of fused-ring (bicyclic) bond motifs is 4. The maximum Gasteiger partial charge on any atom is 2.00 e. The smallest absolute Gasteiger partial charge is 0.656 e. The predicted molar refractivity (Wildman–Crippen MR) is 387 cm³/mol. The standard InChI is InChI=1S/C84H60N4O8.Pt/c1-89-53-25-29-57(69(41-53)93-5)73-77-61-33-45-17-9-11-19-47(45)35-63(61)79(85-77)74(58-30-26-54(90-2)42-70(58)94-6)81-65-37-49-21-13-15-23-51(49)39-67(65)83(87-81)76(60-32-28-56(92-4)44-72(60)96-8)84-68-40-52-24-16-14-22-50(52)38-66(68)82(88-84)75(59-31-27-55(91-3)43-71(59)95-7)80-64-36-48-20-12-10-18-46(48)34-62(64)78(73)86-80;/h9-44H,1-8H3;/q-2;+2. The first kappa shape index (κ1) is 60.4. The van der Waals surface area contributed by atoms with Crippen LogP contribution in [0.25, 0.3) is 176 Å². The van der Waals surface area contributed by atoms with E-state index in [2.05, 4.69) is 170 Å². The Morgan fingerprint density at radius 2 is 0.433 bits per heavy atom. The maximum atomic E-state index is 6.55. The number of hydrogen-bond donors (Lipinski definition) is 0. The third-order valence-corrected chi connectivity index (χ3v) is 19.1. The van der Waals surface area contributed by atoms with Crippen molar-refractivity contribution in [1.82, 2.24) is 19.9 Å². The van der Waals surface area contributed by atoms with Crippen LogP contribution >= 0.6 is 0 Å². The van der Waals surface area contributed by atoms with E-state index in [1.165, 1.54) is 0 Å². The number of methoxy groups -OCH3 is 8. The van der Waals surface area contributed by atoms with Gasteiger partial charge in [0.25, 0.3) is 0 Å². The van der Waals surface area contributed by atoms with E-state index in [1.54, 1.807) is 56.9 Å².